The Kier molecular flexibility index (Phi) is 6.84. The SMILES string of the molecule is COCCCN1C(=O)/C(=C\c2ccc(SC)cc2)C(C(=O)OC)=C1C. The number of esters is 1. The normalized spacial score (nSPS) is 16.1. The predicted molar refractivity (Wildman–Crippen MR) is 99.1 cm³/mol. The number of hydrogen-bond donors (Lipinski definition) is 0. The highest BCUT2D eigenvalue weighted by atomic mass is 32.2. The third-order valence-corrected chi connectivity index (χ3v) is 4.80. The van der Waals surface area contributed by atoms with Gasteiger partial charge < -0.3 is 14.4 Å². The molecule has 1 aromatic rings. The zero-order valence-corrected chi connectivity index (χ0v) is 15.8. The van der Waals surface area contributed by atoms with Crippen molar-refractivity contribution in [1.29, 1.82) is 0 Å². The number of amides is 1. The molecule has 1 amide bonds. The van der Waals surface area contributed by atoms with Gasteiger partial charge in [-0.2, -0.15) is 0 Å². The minimum absolute atomic E-state index is 0.178. The largest absolute Gasteiger partial charge is 0.465 e. The number of nitrogens with zero attached hydrogens (tertiary/aromatic N) is 1. The van der Waals surface area contributed by atoms with Crippen molar-refractivity contribution in [3.8, 4) is 0 Å². The smallest absolute Gasteiger partial charge is 0.340 e. The Balaban J connectivity index is 2.37. The first kappa shape index (κ1) is 19.3. The number of allylic oxidation sites excluding steroid dienone is 1. The van der Waals surface area contributed by atoms with Crippen LogP contribution in [0.2, 0.25) is 0 Å². The summed E-state index contributed by atoms with van der Waals surface area (Å²) in [4.78, 5) is 27.8. The molecule has 0 spiro atoms. The van der Waals surface area contributed by atoms with E-state index in [-0.39, 0.29) is 5.91 Å². The first-order valence-electron chi connectivity index (χ1n) is 7.99. The van der Waals surface area contributed by atoms with Gasteiger partial charge in [0.2, 0.25) is 0 Å². The highest BCUT2D eigenvalue weighted by Gasteiger charge is 2.36. The number of ether oxygens (including phenoxy) is 2. The predicted octanol–water partition coefficient (Wildman–Crippen LogP) is 3.12. The molecule has 1 heterocycles. The molecule has 5 nitrogen and oxygen atoms in total. The van der Waals surface area contributed by atoms with Crippen molar-refractivity contribution in [3.63, 3.8) is 0 Å². The Morgan fingerprint density at radius 1 is 1.24 bits per heavy atom. The molecule has 0 aliphatic carbocycles. The van der Waals surface area contributed by atoms with Gasteiger partial charge in [0.25, 0.3) is 5.91 Å². The molecule has 1 aliphatic heterocycles. The second-order valence-electron chi connectivity index (χ2n) is 5.59. The number of carbonyl (C=O) groups excluding carboxylic acids is 2. The zero-order valence-electron chi connectivity index (χ0n) is 15.0. The van der Waals surface area contributed by atoms with Gasteiger partial charge in [-0.3, -0.25) is 4.79 Å². The summed E-state index contributed by atoms with van der Waals surface area (Å²) < 4.78 is 9.94. The van der Waals surface area contributed by atoms with Crippen molar-refractivity contribution in [2.75, 3.05) is 33.6 Å². The van der Waals surface area contributed by atoms with E-state index in [0.717, 1.165) is 10.5 Å². The lowest BCUT2D eigenvalue weighted by atomic mass is 10.0. The maximum Gasteiger partial charge on any atom is 0.340 e. The molecule has 2 rings (SSSR count). The molecule has 1 aliphatic rings. The fraction of sp³-hybridized carbons (Fsp3) is 0.368. The molecule has 6 heteroatoms. The van der Waals surface area contributed by atoms with Crippen molar-refractivity contribution >= 4 is 29.7 Å². The van der Waals surface area contributed by atoms with Crippen molar-refractivity contribution in [2.45, 2.75) is 18.2 Å². The van der Waals surface area contributed by atoms with Crippen molar-refractivity contribution in [2.24, 2.45) is 0 Å². The highest BCUT2D eigenvalue weighted by Crippen LogP contribution is 2.32. The fourth-order valence-corrected chi connectivity index (χ4v) is 3.14. The number of carbonyl (C=O) groups is 2. The van der Waals surface area contributed by atoms with E-state index in [1.807, 2.05) is 30.5 Å². The van der Waals surface area contributed by atoms with Crippen LogP contribution in [-0.4, -0.2) is 50.4 Å². The fourth-order valence-electron chi connectivity index (χ4n) is 2.73. The third-order valence-electron chi connectivity index (χ3n) is 4.06. The van der Waals surface area contributed by atoms with Crippen LogP contribution in [0.25, 0.3) is 6.08 Å². The molecule has 0 saturated heterocycles. The average molecular weight is 361 g/mol. The number of hydrogen-bond acceptors (Lipinski definition) is 5. The van der Waals surface area contributed by atoms with E-state index >= 15 is 0 Å². The van der Waals surface area contributed by atoms with E-state index in [1.54, 1.807) is 36.8 Å². The van der Waals surface area contributed by atoms with Crippen LogP contribution in [0, 0.1) is 0 Å². The molecule has 0 radical (unpaired) electrons. The van der Waals surface area contributed by atoms with Gasteiger partial charge in [-0.25, -0.2) is 4.79 Å². The van der Waals surface area contributed by atoms with Crippen molar-refractivity contribution in [1.82, 2.24) is 4.90 Å². The van der Waals surface area contributed by atoms with Crippen molar-refractivity contribution < 1.29 is 19.1 Å². The Morgan fingerprint density at radius 3 is 2.48 bits per heavy atom. The lowest BCUT2D eigenvalue weighted by Gasteiger charge is -2.17. The number of rotatable bonds is 7. The van der Waals surface area contributed by atoms with Crippen LogP contribution in [-0.2, 0) is 19.1 Å². The third kappa shape index (κ3) is 4.32. The first-order valence-corrected chi connectivity index (χ1v) is 9.22. The monoisotopic (exact) mass is 361 g/mol. The molecule has 134 valence electrons. The maximum absolute atomic E-state index is 12.8. The lowest BCUT2D eigenvalue weighted by Crippen LogP contribution is -2.26. The van der Waals surface area contributed by atoms with Gasteiger partial charge in [-0.15, -0.1) is 11.8 Å². The van der Waals surface area contributed by atoms with E-state index in [4.69, 9.17) is 9.47 Å². The molecule has 25 heavy (non-hydrogen) atoms. The molecule has 0 unspecified atom stereocenters. The molecular formula is C19H23NO4S. The van der Waals surface area contributed by atoms with Gasteiger partial charge in [0, 0.05) is 30.9 Å². The van der Waals surface area contributed by atoms with Gasteiger partial charge in [0.05, 0.1) is 18.3 Å². The summed E-state index contributed by atoms with van der Waals surface area (Å²) in [5, 5.41) is 0. The van der Waals surface area contributed by atoms with E-state index in [1.165, 1.54) is 7.11 Å². The quantitative estimate of drug-likeness (QED) is 0.323. The van der Waals surface area contributed by atoms with E-state index in [9.17, 15) is 9.59 Å². The molecular weight excluding hydrogens is 338 g/mol. The van der Waals surface area contributed by atoms with Gasteiger partial charge in [-0.05, 0) is 43.4 Å². The molecule has 0 N–H and O–H groups in total. The lowest BCUT2D eigenvalue weighted by molar-refractivity contribution is -0.136. The Labute approximate surface area is 152 Å². The number of thioether (sulfide) groups is 1. The summed E-state index contributed by atoms with van der Waals surface area (Å²) in [7, 11) is 2.95. The molecule has 0 saturated carbocycles. The van der Waals surface area contributed by atoms with E-state index < -0.39 is 5.97 Å². The second kappa shape index (κ2) is 8.87. The van der Waals surface area contributed by atoms with Crippen LogP contribution in [0.1, 0.15) is 18.9 Å². The van der Waals surface area contributed by atoms with Crippen LogP contribution in [0.4, 0.5) is 0 Å². The molecule has 1 aromatic carbocycles. The van der Waals surface area contributed by atoms with Crippen LogP contribution in [0.15, 0.2) is 46.0 Å². The van der Waals surface area contributed by atoms with Gasteiger partial charge in [-0.1, -0.05) is 12.1 Å². The average Bonchev–Trinajstić information content (AvgIpc) is 2.86. The number of methoxy groups -OCH3 is 2. The first-order chi connectivity index (χ1) is 12.0. The Hall–Kier alpha value is -2.05. The van der Waals surface area contributed by atoms with Gasteiger partial charge in [0.15, 0.2) is 0 Å². The van der Waals surface area contributed by atoms with Crippen molar-refractivity contribution in [3.05, 3.63) is 46.7 Å². The summed E-state index contributed by atoms with van der Waals surface area (Å²) in [5.41, 5.74) is 2.20. The molecule has 0 bridgehead atoms. The van der Waals surface area contributed by atoms with Gasteiger partial charge >= 0.3 is 5.97 Å². The Morgan fingerprint density at radius 2 is 1.92 bits per heavy atom. The summed E-state index contributed by atoms with van der Waals surface area (Å²) in [6.07, 6.45) is 4.45. The second-order valence-corrected chi connectivity index (χ2v) is 6.47. The van der Waals surface area contributed by atoms with Gasteiger partial charge in [0.1, 0.15) is 0 Å². The minimum atomic E-state index is -0.493. The molecule has 0 atom stereocenters. The summed E-state index contributed by atoms with van der Waals surface area (Å²) in [6, 6.07) is 7.84. The van der Waals surface area contributed by atoms with E-state index in [2.05, 4.69) is 0 Å². The molecule has 0 fully saturated rings. The van der Waals surface area contributed by atoms with Crippen LogP contribution in [0.3, 0.4) is 0 Å². The number of benzene rings is 1. The minimum Gasteiger partial charge on any atom is -0.465 e. The summed E-state index contributed by atoms with van der Waals surface area (Å²) >= 11 is 1.65. The molecule has 0 aromatic heterocycles. The topological polar surface area (TPSA) is 55.8 Å². The highest BCUT2D eigenvalue weighted by molar-refractivity contribution is 7.98. The van der Waals surface area contributed by atoms with Crippen LogP contribution in [0.5, 0.6) is 0 Å². The summed E-state index contributed by atoms with van der Waals surface area (Å²) in [6.45, 7) is 2.83. The zero-order chi connectivity index (χ0) is 18.4. The van der Waals surface area contributed by atoms with E-state index in [0.29, 0.717) is 36.4 Å². The van der Waals surface area contributed by atoms with Crippen LogP contribution < -0.4 is 0 Å². The van der Waals surface area contributed by atoms with Crippen LogP contribution >= 0.6 is 11.8 Å². The Bertz CT molecular complexity index is 707. The standard InChI is InChI=1S/C19H23NO4S/c1-13-17(19(22)24-3)16(18(21)20(13)10-5-11-23-2)12-14-6-8-15(25-4)9-7-14/h6-9,12H,5,10-11H2,1-4H3/b16-12-. The maximum atomic E-state index is 12.8. The summed E-state index contributed by atoms with van der Waals surface area (Å²) in [5.74, 6) is -0.671.